The van der Waals surface area contributed by atoms with Gasteiger partial charge < -0.3 is 10.2 Å². The Hall–Kier alpha value is -1.32. The summed E-state index contributed by atoms with van der Waals surface area (Å²) < 4.78 is 0. The molecule has 0 aromatic heterocycles. The average Bonchev–Trinajstić information content (AvgIpc) is 2.04. The summed E-state index contributed by atoms with van der Waals surface area (Å²) in [6, 6.07) is 0. The Bertz CT molecular complexity index is 230. The molecule has 0 saturated heterocycles. The van der Waals surface area contributed by atoms with E-state index in [2.05, 4.69) is 0 Å². The van der Waals surface area contributed by atoms with Crippen LogP contribution >= 0.6 is 0 Å². The third-order valence-corrected chi connectivity index (χ3v) is 2.25. The van der Waals surface area contributed by atoms with E-state index in [1.165, 1.54) is 0 Å². The van der Waals surface area contributed by atoms with Gasteiger partial charge in [0.1, 0.15) is 0 Å². The summed E-state index contributed by atoms with van der Waals surface area (Å²) in [5, 5.41) is 17.4. The molecule has 4 heteroatoms. The maximum atomic E-state index is 10.6. The number of carboxylic acids is 2. The number of rotatable bonds is 3. The second kappa shape index (κ2) is 4.07. The molecular formula is C9H12O4. The Labute approximate surface area is 75.9 Å². The summed E-state index contributed by atoms with van der Waals surface area (Å²) in [6.45, 7) is 0. The van der Waals surface area contributed by atoms with Gasteiger partial charge in [0.15, 0.2) is 5.92 Å². The van der Waals surface area contributed by atoms with Crippen LogP contribution in [0, 0.1) is 11.8 Å². The molecule has 1 aliphatic rings. The summed E-state index contributed by atoms with van der Waals surface area (Å²) in [7, 11) is 0. The van der Waals surface area contributed by atoms with Gasteiger partial charge in [0.25, 0.3) is 0 Å². The first kappa shape index (κ1) is 9.77. The summed E-state index contributed by atoms with van der Waals surface area (Å²) in [4.78, 5) is 21.3. The molecule has 0 amide bonds. The fourth-order valence-electron chi connectivity index (χ4n) is 1.59. The predicted octanol–water partition coefficient (Wildman–Crippen LogP) is 1.13. The molecule has 0 radical (unpaired) electrons. The molecule has 1 rings (SSSR count). The summed E-state index contributed by atoms with van der Waals surface area (Å²) in [5.74, 6) is -4.12. The summed E-state index contributed by atoms with van der Waals surface area (Å²) in [5.41, 5.74) is 0. The van der Waals surface area contributed by atoms with Gasteiger partial charge in [-0.25, -0.2) is 0 Å². The van der Waals surface area contributed by atoms with E-state index in [0.29, 0.717) is 6.42 Å². The van der Waals surface area contributed by atoms with Crippen LogP contribution in [0.2, 0.25) is 0 Å². The van der Waals surface area contributed by atoms with Crippen LogP contribution in [0.5, 0.6) is 0 Å². The molecule has 72 valence electrons. The zero-order valence-electron chi connectivity index (χ0n) is 7.14. The normalized spacial score (nSPS) is 21.8. The lowest BCUT2D eigenvalue weighted by molar-refractivity contribution is -0.156. The molecular weight excluding hydrogens is 172 g/mol. The maximum Gasteiger partial charge on any atom is 0.318 e. The van der Waals surface area contributed by atoms with Crippen LogP contribution < -0.4 is 0 Å². The third kappa shape index (κ3) is 2.31. The van der Waals surface area contributed by atoms with E-state index >= 15 is 0 Å². The van der Waals surface area contributed by atoms with Crippen molar-refractivity contribution in [3.63, 3.8) is 0 Å². The van der Waals surface area contributed by atoms with Gasteiger partial charge in [-0.05, 0) is 19.3 Å². The molecule has 1 aliphatic carbocycles. The number of allylic oxidation sites excluding steroid dienone is 2. The number of hydrogen-bond acceptors (Lipinski definition) is 2. The first-order valence-electron chi connectivity index (χ1n) is 4.25. The molecule has 4 nitrogen and oxygen atoms in total. The zero-order chi connectivity index (χ0) is 9.84. The minimum absolute atomic E-state index is 0.344. The van der Waals surface area contributed by atoms with Crippen LogP contribution in [0.1, 0.15) is 19.3 Å². The number of aliphatic carboxylic acids is 2. The van der Waals surface area contributed by atoms with Crippen molar-refractivity contribution in [3.05, 3.63) is 12.2 Å². The van der Waals surface area contributed by atoms with Gasteiger partial charge in [-0.15, -0.1) is 0 Å². The van der Waals surface area contributed by atoms with E-state index in [1.807, 2.05) is 6.08 Å². The Morgan fingerprint density at radius 3 is 2.31 bits per heavy atom. The minimum Gasteiger partial charge on any atom is -0.481 e. The Morgan fingerprint density at radius 2 is 1.92 bits per heavy atom. The standard InChI is InChI=1S/C9H12O4/c10-8(11)7(9(12)13)6-4-2-1-3-5-6/h2,4,6-7H,1,3,5H2,(H,10,11)(H,12,13)/t6-/m0/s1. The van der Waals surface area contributed by atoms with Gasteiger partial charge in [0.05, 0.1) is 0 Å². The van der Waals surface area contributed by atoms with Crippen LogP contribution in [0.4, 0.5) is 0 Å². The summed E-state index contributed by atoms with van der Waals surface area (Å²) >= 11 is 0. The zero-order valence-corrected chi connectivity index (χ0v) is 7.14. The topological polar surface area (TPSA) is 74.6 Å². The van der Waals surface area contributed by atoms with E-state index in [9.17, 15) is 9.59 Å². The molecule has 0 unspecified atom stereocenters. The fraction of sp³-hybridized carbons (Fsp3) is 0.556. The van der Waals surface area contributed by atoms with Crippen molar-refractivity contribution in [3.8, 4) is 0 Å². The smallest absolute Gasteiger partial charge is 0.318 e. The average molecular weight is 184 g/mol. The second-order valence-corrected chi connectivity index (χ2v) is 3.18. The SMILES string of the molecule is O=C(O)C(C(=O)O)[C@H]1C=CCCC1. The second-order valence-electron chi connectivity index (χ2n) is 3.18. The van der Waals surface area contributed by atoms with E-state index in [4.69, 9.17) is 10.2 Å². The molecule has 0 aromatic rings. The van der Waals surface area contributed by atoms with Crippen molar-refractivity contribution in [2.24, 2.45) is 11.8 Å². The molecule has 2 N–H and O–H groups in total. The first-order chi connectivity index (χ1) is 6.13. The largest absolute Gasteiger partial charge is 0.481 e. The highest BCUT2D eigenvalue weighted by atomic mass is 16.4. The predicted molar refractivity (Wildman–Crippen MR) is 45.2 cm³/mol. The molecule has 0 bridgehead atoms. The molecule has 0 fully saturated rings. The molecule has 0 aromatic carbocycles. The first-order valence-corrected chi connectivity index (χ1v) is 4.25. The molecule has 0 aliphatic heterocycles. The van der Waals surface area contributed by atoms with E-state index < -0.39 is 17.9 Å². The van der Waals surface area contributed by atoms with Crippen LogP contribution in [0.3, 0.4) is 0 Å². The Kier molecular flexibility index (Phi) is 3.06. The lowest BCUT2D eigenvalue weighted by Gasteiger charge is -2.19. The van der Waals surface area contributed by atoms with Crippen molar-refractivity contribution in [2.75, 3.05) is 0 Å². The Morgan fingerprint density at radius 1 is 1.31 bits per heavy atom. The van der Waals surface area contributed by atoms with E-state index in [1.54, 1.807) is 6.08 Å². The number of carboxylic acid groups (broad SMARTS) is 2. The van der Waals surface area contributed by atoms with Crippen molar-refractivity contribution in [2.45, 2.75) is 19.3 Å². The minimum atomic E-state index is -1.28. The van der Waals surface area contributed by atoms with Crippen molar-refractivity contribution < 1.29 is 19.8 Å². The third-order valence-electron chi connectivity index (χ3n) is 2.25. The van der Waals surface area contributed by atoms with Gasteiger partial charge in [-0.1, -0.05) is 12.2 Å². The molecule has 1 atom stereocenters. The van der Waals surface area contributed by atoms with Gasteiger partial charge >= 0.3 is 11.9 Å². The molecule has 0 spiro atoms. The van der Waals surface area contributed by atoms with Crippen LogP contribution in [-0.4, -0.2) is 22.2 Å². The quantitative estimate of drug-likeness (QED) is 0.509. The number of carbonyl (C=O) groups is 2. The highest BCUT2D eigenvalue weighted by Crippen LogP contribution is 2.25. The molecule has 0 saturated carbocycles. The molecule has 0 heterocycles. The van der Waals surface area contributed by atoms with Crippen LogP contribution in [0.15, 0.2) is 12.2 Å². The van der Waals surface area contributed by atoms with Crippen LogP contribution in [-0.2, 0) is 9.59 Å². The highest BCUT2D eigenvalue weighted by Gasteiger charge is 2.33. The van der Waals surface area contributed by atoms with Gasteiger partial charge in [-0.3, -0.25) is 9.59 Å². The fourth-order valence-corrected chi connectivity index (χ4v) is 1.59. The summed E-state index contributed by atoms with van der Waals surface area (Å²) in [6.07, 6.45) is 6.00. The van der Waals surface area contributed by atoms with Gasteiger partial charge in [0, 0.05) is 5.92 Å². The maximum absolute atomic E-state index is 10.6. The Balaban J connectivity index is 2.74. The van der Waals surface area contributed by atoms with Crippen LogP contribution in [0.25, 0.3) is 0 Å². The van der Waals surface area contributed by atoms with Crippen molar-refractivity contribution in [1.82, 2.24) is 0 Å². The lowest BCUT2D eigenvalue weighted by Crippen LogP contribution is -2.30. The van der Waals surface area contributed by atoms with Crippen molar-refractivity contribution in [1.29, 1.82) is 0 Å². The highest BCUT2D eigenvalue weighted by molar-refractivity contribution is 5.93. The molecule has 13 heavy (non-hydrogen) atoms. The monoisotopic (exact) mass is 184 g/mol. The lowest BCUT2D eigenvalue weighted by atomic mass is 9.84. The van der Waals surface area contributed by atoms with Gasteiger partial charge in [-0.2, -0.15) is 0 Å². The van der Waals surface area contributed by atoms with Crippen molar-refractivity contribution >= 4 is 11.9 Å². The number of hydrogen-bond donors (Lipinski definition) is 2. The van der Waals surface area contributed by atoms with E-state index in [0.717, 1.165) is 12.8 Å². The van der Waals surface area contributed by atoms with Gasteiger partial charge in [0.2, 0.25) is 0 Å². The van der Waals surface area contributed by atoms with E-state index in [-0.39, 0.29) is 5.92 Å².